The number of carbonyl (C=O) groups is 2. The van der Waals surface area contributed by atoms with Gasteiger partial charge in [-0.25, -0.2) is 4.79 Å². The van der Waals surface area contributed by atoms with Gasteiger partial charge < -0.3 is 14.8 Å². The predicted molar refractivity (Wildman–Crippen MR) is 105 cm³/mol. The van der Waals surface area contributed by atoms with Gasteiger partial charge in [0.1, 0.15) is 5.00 Å². The van der Waals surface area contributed by atoms with Gasteiger partial charge in [0.05, 0.1) is 24.4 Å². The fourth-order valence-corrected chi connectivity index (χ4v) is 4.27. The number of ether oxygens (including phenoxy) is 2. The molecule has 0 fully saturated rings. The van der Waals surface area contributed by atoms with E-state index in [2.05, 4.69) is 12.2 Å². The van der Waals surface area contributed by atoms with Crippen molar-refractivity contribution in [1.29, 1.82) is 0 Å². The highest BCUT2D eigenvalue weighted by Crippen LogP contribution is 2.40. The van der Waals surface area contributed by atoms with E-state index >= 15 is 0 Å². The normalized spacial score (nSPS) is 15.4. The van der Waals surface area contributed by atoms with Crippen molar-refractivity contribution in [2.45, 2.75) is 84.8 Å². The van der Waals surface area contributed by atoms with Crippen LogP contribution in [0.15, 0.2) is 0 Å². The summed E-state index contributed by atoms with van der Waals surface area (Å²) < 4.78 is 11.1. The third-order valence-corrected chi connectivity index (χ3v) is 5.65. The summed E-state index contributed by atoms with van der Waals surface area (Å²) in [5, 5.41) is 3.55. The zero-order valence-electron chi connectivity index (χ0n) is 16.4. The van der Waals surface area contributed by atoms with Gasteiger partial charge in [-0.05, 0) is 32.8 Å². The summed E-state index contributed by atoms with van der Waals surface area (Å²) in [5.74, 6) is -0.397. The summed E-state index contributed by atoms with van der Waals surface area (Å²) in [5.41, 5.74) is 1.15. The number of rotatable bonds is 9. The minimum Gasteiger partial charge on any atom is -0.462 e. The molecular formula is C20H31NO4S. The molecule has 5 nitrogen and oxygen atoms in total. The number of amides is 1. The van der Waals surface area contributed by atoms with E-state index in [1.165, 1.54) is 24.2 Å². The Morgan fingerprint density at radius 3 is 2.62 bits per heavy atom. The van der Waals surface area contributed by atoms with Gasteiger partial charge in [0.25, 0.3) is 0 Å². The van der Waals surface area contributed by atoms with Crippen LogP contribution in [0.5, 0.6) is 0 Å². The highest BCUT2D eigenvalue weighted by molar-refractivity contribution is 7.17. The monoisotopic (exact) mass is 381 g/mol. The van der Waals surface area contributed by atoms with Crippen LogP contribution >= 0.6 is 11.3 Å². The van der Waals surface area contributed by atoms with Crippen LogP contribution in [-0.4, -0.2) is 24.1 Å². The number of carbonyl (C=O) groups excluding carboxylic acids is 2. The number of esters is 1. The molecule has 0 radical (unpaired) electrons. The lowest BCUT2D eigenvalue weighted by molar-refractivity contribution is -0.116. The lowest BCUT2D eigenvalue weighted by atomic mass is 9.93. The second-order valence-electron chi connectivity index (χ2n) is 7.37. The van der Waals surface area contributed by atoms with Crippen LogP contribution in [0.25, 0.3) is 0 Å². The van der Waals surface area contributed by atoms with Crippen LogP contribution in [0.4, 0.5) is 5.00 Å². The van der Waals surface area contributed by atoms with Gasteiger partial charge in [-0.2, -0.15) is 0 Å². The zero-order chi connectivity index (χ0) is 19.2. The topological polar surface area (TPSA) is 64.6 Å². The van der Waals surface area contributed by atoms with Crippen LogP contribution in [0.3, 0.4) is 0 Å². The van der Waals surface area contributed by atoms with Crippen LogP contribution in [0, 0.1) is 0 Å². The Morgan fingerprint density at radius 1 is 1.19 bits per heavy atom. The van der Waals surface area contributed by atoms with E-state index in [0.717, 1.165) is 29.7 Å². The average Bonchev–Trinajstić information content (AvgIpc) is 2.90. The van der Waals surface area contributed by atoms with Gasteiger partial charge in [0.2, 0.25) is 5.91 Å². The molecule has 0 atom stereocenters. The summed E-state index contributed by atoms with van der Waals surface area (Å²) in [6.07, 6.45) is 6.63. The molecule has 1 aliphatic rings. The van der Waals surface area contributed by atoms with Gasteiger partial charge in [0.15, 0.2) is 0 Å². The SMILES string of the molecule is CCCCCCCC(=O)Nc1sc2c(c1C(=O)OCC)CC(C)(C)OC2. The minimum atomic E-state index is -0.360. The van der Waals surface area contributed by atoms with Gasteiger partial charge in [-0.15, -0.1) is 11.3 Å². The van der Waals surface area contributed by atoms with Crippen LogP contribution in [0.1, 0.15) is 87.0 Å². The first-order valence-corrected chi connectivity index (χ1v) is 10.4. The Morgan fingerprint density at radius 2 is 1.92 bits per heavy atom. The Kier molecular flexibility index (Phi) is 7.65. The molecule has 0 unspecified atom stereocenters. The van der Waals surface area contributed by atoms with Crippen molar-refractivity contribution in [3.8, 4) is 0 Å². The molecule has 26 heavy (non-hydrogen) atoms. The molecule has 0 saturated carbocycles. The number of nitrogens with one attached hydrogen (secondary N) is 1. The van der Waals surface area contributed by atoms with Crippen molar-refractivity contribution in [2.24, 2.45) is 0 Å². The van der Waals surface area contributed by atoms with Crippen LogP contribution < -0.4 is 5.32 Å². The molecule has 1 aromatic heterocycles. The van der Waals surface area contributed by atoms with Crippen LogP contribution in [0.2, 0.25) is 0 Å². The summed E-state index contributed by atoms with van der Waals surface area (Å²) in [6.45, 7) is 8.76. The molecule has 0 bridgehead atoms. The van der Waals surface area contributed by atoms with Crippen molar-refractivity contribution in [2.75, 3.05) is 11.9 Å². The quantitative estimate of drug-likeness (QED) is 0.479. The third-order valence-electron chi connectivity index (χ3n) is 4.53. The highest BCUT2D eigenvalue weighted by atomic mass is 32.1. The largest absolute Gasteiger partial charge is 0.462 e. The number of hydrogen-bond acceptors (Lipinski definition) is 5. The second-order valence-corrected chi connectivity index (χ2v) is 8.47. The predicted octanol–water partition coefficient (Wildman–Crippen LogP) is 5.08. The molecule has 2 rings (SSSR count). The lowest BCUT2D eigenvalue weighted by Gasteiger charge is -2.30. The molecule has 0 aliphatic carbocycles. The third kappa shape index (κ3) is 5.55. The van der Waals surface area contributed by atoms with Gasteiger partial charge in [-0.1, -0.05) is 32.6 Å². The second kappa shape index (κ2) is 9.51. The standard InChI is InChI=1S/C20H31NO4S/c1-5-7-8-9-10-11-16(22)21-18-17(19(23)24-6-2)14-12-20(3,4)25-13-15(14)26-18/h5-13H2,1-4H3,(H,21,22). The Balaban J connectivity index is 2.11. The maximum Gasteiger partial charge on any atom is 0.341 e. The van der Waals surface area contributed by atoms with Crippen LogP contribution in [-0.2, 0) is 27.3 Å². The smallest absolute Gasteiger partial charge is 0.341 e. The number of fused-ring (bicyclic) bond motifs is 1. The maximum absolute atomic E-state index is 12.5. The van der Waals surface area contributed by atoms with Crippen molar-refractivity contribution in [1.82, 2.24) is 0 Å². The fraction of sp³-hybridized carbons (Fsp3) is 0.700. The number of anilines is 1. The van der Waals surface area contributed by atoms with Crippen molar-refractivity contribution in [3.05, 3.63) is 16.0 Å². The molecule has 0 saturated heterocycles. The van der Waals surface area contributed by atoms with Gasteiger partial charge in [0, 0.05) is 17.7 Å². The number of thiophene rings is 1. The van der Waals surface area contributed by atoms with Gasteiger partial charge in [-0.3, -0.25) is 4.79 Å². The van der Waals surface area contributed by atoms with E-state index in [-0.39, 0.29) is 17.5 Å². The summed E-state index contributed by atoms with van der Waals surface area (Å²) in [6, 6.07) is 0. The first-order valence-electron chi connectivity index (χ1n) is 9.63. The first kappa shape index (κ1) is 20.9. The lowest BCUT2D eigenvalue weighted by Crippen LogP contribution is -2.32. The molecule has 1 aliphatic heterocycles. The van der Waals surface area contributed by atoms with E-state index < -0.39 is 0 Å². The summed E-state index contributed by atoms with van der Waals surface area (Å²) >= 11 is 1.43. The van der Waals surface area contributed by atoms with E-state index in [1.807, 2.05) is 13.8 Å². The Labute approximate surface area is 160 Å². The molecule has 1 aromatic rings. The Bertz CT molecular complexity index is 636. The highest BCUT2D eigenvalue weighted by Gasteiger charge is 2.34. The molecule has 2 heterocycles. The summed E-state index contributed by atoms with van der Waals surface area (Å²) in [4.78, 5) is 25.9. The minimum absolute atomic E-state index is 0.0363. The Hall–Kier alpha value is -1.40. The number of hydrogen-bond donors (Lipinski definition) is 1. The molecule has 1 amide bonds. The molecule has 0 spiro atoms. The average molecular weight is 382 g/mol. The fourth-order valence-electron chi connectivity index (χ4n) is 3.14. The molecular weight excluding hydrogens is 350 g/mol. The molecule has 6 heteroatoms. The van der Waals surface area contributed by atoms with Crippen molar-refractivity contribution < 1.29 is 19.1 Å². The maximum atomic E-state index is 12.5. The van der Waals surface area contributed by atoms with E-state index in [0.29, 0.717) is 36.6 Å². The first-order chi connectivity index (χ1) is 12.4. The molecule has 1 N–H and O–H groups in total. The van der Waals surface area contributed by atoms with Crippen molar-refractivity contribution in [3.63, 3.8) is 0 Å². The molecule has 146 valence electrons. The van der Waals surface area contributed by atoms with Crippen molar-refractivity contribution >= 4 is 28.2 Å². The van der Waals surface area contributed by atoms with E-state index in [1.54, 1.807) is 6.92 Å². The van der Waals surface area contributed by atoms with E-state index in [4.69, 9.17) is 9.47 Å². The summed E-state index contributed by atoms with van der Waals surface area (Å²) in [7, 11) is 0. The van der Waals surface area contributed by atoms with Gasteiger partial charge >= 0.3 is 5.97 Å². The molecule has 0 aromatic carbocycles. The zero-order valence-corrected chi connectivity index (χ0v) is 17.2. The number of unbranched alkanes of at least 4 members (excludes halogenated alkanes) is 4. The van der Waals surface area contributed by atoms with E-state index in [9.17, 15) is 9.59 Å².